The Balaban J connectivity index is 2.40. The highest BCUT2D eigenvalue weighted by atomic mass is 32.2. The summed E-state index contributed by atoms with van der Waals surface area (Å²) in [5.41, 5.74) is 0.628. The molecule has 7 nitrogen and oxygen atoms in total. The van der Waals surface area contributed by atoms with E-state index in [1.165, 1.54) is 36.4 Å². The van der Waals surface area contributed by atoms with Crippen molar-refractivity contribution >= 4 is 21.7 Å². The van der Waals surface area contributed by atoms with Gasteiger partial charge in [0.1, 0.15) is 0 Å². The number of hydrogen-bond acceptors (Lipinski definition) is 6. The molecule has 0 heterocycles. The molecule has 2 aromatic carbocycles. The average molecular weight is 378 g/mol. The van der Waals surface area contributed by atoms with Crippen molar-refractivity contribution in [2.75, 3.05) is 17.9 Å². The number of anilines is 1. The van der Waals surface area contributed by atoms with Gasteiger partial charge in [0.2, 0.25) is 0 Å². The molecule has 0 atom stereocenters. The van der Waals surface area contributed by atoms with Crippen LogP contribution >= 0.6 is 0 Å². The molecule has 0 fully saturated rings. The largest absolute Gasteiger partial charge is 0.545 e. The predicted octanol–water partition coefficient (Wildman–Crippen LogP) is 1.96. The number of carbonyl (C=O) groups excluding carboxylic acids is 1. The van der Waals surface area contributed by atoms with Gasteiger partial charge in [0.05, 0.1) is 29.8 Å². The van der Waals surface area contributed by atoms with Gasteiger partial charge < -0.3 is 19.4 Å². The zero-order chi connectivity index (χ0) is 19.3. The topological polar surface area (TPSA) is 105 Å². The molecule has 26 heavy (non-hydrogen) atoms. The van der Waals surface area contributed by atoms with Crippen LogP contribution in [-0.4, -0.2) is 27.6 Å². The Kier molecular flexibility index (Phi) is 6.10. The molecular weight excluding hydrogens is 358 g/mol. The first-order valence-corrected chi connectivity index (χ1v) is 9.51. The van der Waals surface area contributed by atoms with E-state index in [0.29, 0.717) is 30.3 Å². The van der Waals surface area contributed by atoms with Crippen LogP contribution in [0.3, 0.4) is 0 Å². The molecule has 0 radical (unpaired) electrons. The fraction of sp³-hybridized carbons (Fsp3) is 0.278. The number of rotatable bonds is 8. The van der Waals surface area contributed by atoms with Crippen molar-refractivity contribution in [3.05, 3.63) is 47.5 Å². The van der Waals surface area contributed by atoms with Gasteiger partial charge in [-0.05, 0) is 50.1 Å². The normalized spacial score (nSPS) is 11.0. The van der Waals surface area contributed by atoms with E-state index in [2.05, 4.69) is 4.72 Å². The third-order valence-electron chi connectivity index (χ3n) is 3.54. The van der Waals surface area contributed by atoms with Gasteiger partial charge in [-0.25, -0.2) is 8.42 Å². The molecule has 0 aromatic heterocycles. The monoisotopic (exact) mass is 378 g/mol. The standard InChI is InChI=1S/C18H21NO6S/c1-4-24-16-9-8-14(11-17(16)25-5-2)26(22,23)19-15-10-13(18(20)21)7-6-12(15)3/h6-11,19H,4-5H2,1-3H3,(H,20,21)/p-1. The predicted molar refractivity (Wildman–Crippen MR) is 95.1 cm³/mol. The van der Waals surface area contributed by atoms with Crippen LogP contribution in [0.1, 0.15) is 29.8 Å². The lowest BCUT2D eigenvalue weighted by Crippen LogP contribution is -2.22. The third-order valence-corrected chi connectivity index (χ3v) is 4.91. The summed E-state index contributed by atoms with van der Waals surface area (Å²) in [6.45, 7) is 6.03. The molecule has 0 aliphatic rings. The summed E-state index contributed by atoms with van der Waals surface area (Å²) in [4.78, 5) is 11.0. The minimum Gasteiger partial charge on any atom is -0.545 e. The number of nitrogens with one attached hydrogen (secondary N) is 1. The molecule has 0 saturated heterocycles. The van der Waals surface area contributed by atoms with Crippen molar-refractivity contribution in [3.63, 3.8) is 0 Å². The minimum absolute atomic E-state index is 0.0253. The molecule has 1 N–H and O–H groups in total. The van der Waals surface area contributed by atoms with Crippen molar-refractivity contribution in [1.29, 1.82) is 0 Å². The summed E-state index contributed by atoms with van der Waals surface area (Å²) >= 11 is 0. The lowest BCUT2D eigenvalue weighted by atomic mass is 10.1. The molecular formula is C18H20NO6S-. The number of carbonyl (C=O) groups is 1. The van der Waals surface area contributed by atoms with Crippen molar-refractivity contribution in [2.24, 2.45) is 0 Å². The van der Waals surface area contributed by atoms with Gasteiger partial charge in [0.15, 0.2) is 11.5 Å². The first-order chi connectivity index (χ1) is 12.3. The molecule has 0 unspecified atom stereocenters. The van der Waals surface area contributed by atoms with Crippen LogP contribution in [0.25, 0.3) is 0 Å². The van der Waals surface area contributed by atoms with E-state index < -0.39 is 16.0 Å². The van der Waals surface area contributed by atoms with E-state index in [0.717, 1.165) is 0 Å². The van der Waals surface area contributed by atoms with E-state index in [4.69, 9.17) is 9.47 Å². The van der Waals surface area contributed by atoms with Gasteiger partial charge in [-0.2, -0.15) is 0 Å². The van der Waals surface area contributed by atoms with Gasteiger partial charge in [0, 0.05) is 6.07 Å². The van der Waals surface area contributed by atoms with Crippen LogP contribution in [0, 0.1) is 6.92 Å². The quantitative estimate of drug-likeness (QED) is 0.753. The molecule has 2 aromatic rings. The highest BCUT2D eigenvalue weighted by Crippen LogP contribution is 2.31. The van der Waals surface area contributed by atoms with E-state index in [-0.39, 0.29) is 16.1 Å². The molecule has 8 heteroatoms. The van der Waals surface area contributed by atoms with Crippen LogP contribution in [-0.2, 0) is 10.0 Å². The summed E-state index contributed by atoms with van der Waals surface area (Å²) in [6.07, 6.45) is 0. The number of benzene rings is 2. The molecule has 0 bridgehead atoms. The fourth-order valence-electron chi connectivity index (χ4n) is 2.26. The number of carboxylic acid groups (broad SMARTS) is 1. The highest BCUT2D eigenvalue weighted by Gasteiger charge is 2.18. The van der Waals surface area contributed by atoms with Crippen LogP contribution < -0.4 is 19.3 Å². The highest BCUT2D eigenvalue weighted by molar-refractivity contribution is 7.92. The van der Waals surface area contributed by atoms with Crippen LogP contribution in [0.15, 0.2) is 41.3 Å². The second-order valence-corrected chi connectivity index (χ2v) is 7.08. The van der Waals surface area contributed by atoms with Crippen molar-refractivity contribution < 1.29 is 27.8 Å². The Labute approximate surface area is 152 Å². The number of hydrogen-bond donors (Lipinski definition) is 1. The lowest BCUT2D eigenvalue weighted by Gasteiger charge is -2.15. The Morgan fingerprint density at radius 3 is 2.31 bits per heavy atom. The molecule has 0 amide bonds. The van der Waals surface area contributed by atoms with Crippen LogP contribution in [0.4, 0.5) is 5.69 Å². The van der Waals surface area contributed by atoms with Crippen LogP contribution in [0.5, 0.6) is 11.5 Å². The Morgan fingerprint density at radius 1 is 1.04 bits per heavy atom. The summed E-state index contributed by atoms with van der Waals surface area (Å²) in [5.74, 6) is -0.619. The molecule has 0 aliphatic heterocycles. The number of ether oxygens (including phenoxy) is 2. The second kappa shape index (κ2) is 8.09. The first kappa shape index (κ1) is 19.6. The maximum absolute atomic E-state index is 12.7. The SMILES string of the molecule is CCOc1ccc(S(=O)(=O)Nc2cc(C(=O)[O-])ccc2C)cc1OCC. The number of sulfonamides is 1. The Hall–Kier alpha value is -2.74. The molecule has 2 rings (SSSR count). The maximum Gasteiger partial charge on any atom is 0.262 e. The van der Waals surface area contributed by atoms with E-state index in [1.54, 1.807) is 13.8 Å². The van der Waals surface area contributed by atoms with Gasteiger partial charge in [-0.15, -0.1) is 0 Å². The Morgan fingerprint density at radius 2 is 1.69 bits per heavy atom. The second-order valence-electron chi connectivity index (χ2n) is 5.40. The third kappa shape index (κ3) is 4.45. The van der Waals surface area contributed by atoms with E-state index >= 15 is 0 Å². The minimum atomic E-state index is -3.95. The van der Waals surface area contributed by atoms with Gasteiger partial charge in [0.25, 0.3) is 10.0 Å². The van der Waals surface area contributed by atoms with Crippen molar-refractivity contribution in [2.45, 2.75) is 25.7 Å². The summed E-state index contributed by atoms with van der Waals surface area (Å²) in [6, 6.07) is 8.37. The summed E-state index contributed by atoms with van der Waals surface area (Å²) in [5, 5.41) is 11.0. The first-order valence-electron chi connectivity index (χ1n) is 8.03. The van der Waals surface area contributed by atoms with Crippen molar-refractivity contribution in [1.82, 2.24) is 0 Å². The van der Waals surface area contributed by atoms with Gasteiger partial charge in [-0.1, -0.05) is 12.1 Å². The van der Waals surface area contributed by atoms with E-state index in [1.807, 2.05) is 6.92 Å². The summed E-state index contributed by atoms with van der Waals surface area (Å²) in [7, 11) is -3.95. The molecule has 140 valence electrons. The Bertz CT molecular complexity index is 908. The number of carboxylic acids is 1. The summed E-state index contributed by atoms with van der Waals surface area (Å²) < 4.78 is 38.7. The number of aryl methyl sites for hydroxylation is 1. The average Bonchev–Trinajstić information content (AvgIpc) is 2.58. The number of aromatic carboxylic acids is 1. The smallest absolute Gasteiger partial charge is 0.262 e. The van der Waals surface area contributed by atoms with E-state index in [9.17, 15) is 18.3 Å². The zero-order valence-electron chi connectivity index (χ0n) is 14.7. The fourth-order valence-corrected chi connectivity index (χ4v) is 3.40. The lowest BCUT2D eigenvalue weighted by molar-refractivity contribution is -0.255. The zero-order valence-corrected chi connectivity index (χ0v) is 15.6. The molecule has 0 saturated carbocycles. The van der Waals surface area contributed by atoms with Crippen LogP contribution in [0.2, 0.25) is 0 Å². The van der Waals surface area contributed by atoms with Gasteiger partial charge >= 0.3 is 0 Å². The van der Waals surface area contributed by atoms with Gasteiger partial charge in [-0.3, -0.25) is 4.72 Å². The van der Waals surface area contributed by atoms with Crippen molar-refractivity contribution in [3.8, 4) is 11.5 Å². The maximum atomic E-state index is 12.7. The molecule has 0 spiro atoms. The molecule has 0 aliphatic carbocycles.